The van der Waals surface area contributed by atoms with Crippen molar-refractivity contribution in [3.63, 3.8) is 0 Å². The van der Waals surface area contributed by atoms with Crippen LogP contribution in [0.1, 0.15) is 15.9 Å². The van der Waals surface area contributed by atoms with E-state index in [0.717, 1.165) is 22.1 Å². The number of fused-ring (bicyclic) bond motifs is 1. The predicted molar refractivity (Wildman–Crippen MR) is 84.1 cm³/mol. The second kappa shape index (κ2) is 5.24. The normalized spacial score (nSPS) is 13.0. The van der Waals surface area contributed by atoms with E-state index in [2.05, 4.69) is 10.3 Å². The fraction of sp³-hybridized carbons (Fsp3) is 0.0588. The van der Waals surface area contributed by atoms with Crippen LogP contribution in [0.2, 0.25) is 0 Å². The maximum absolute atomic E-state index is 14.1. The smallest absolute Gasteiger partial charge is 0.251 e. The fourth-order valence-corrected chi connectivity index (χ4v) is 3.44. The van der Waals surface area contributed by atoms with Crippen LogP contribution >= 0.6 is 11.3 Å². The summed E-state index contributed by atoms with van der Waals surface area (Å²) in [6.07, 6.45) is 1.72. The molecule has 4 rings (SSSR count). The zero-order valence-electron chi connectivity index (χ0n) is 11.8. The Hall–Kier alpha value is -2.60. The summed E-state index contributed by atoms with van der Waals surface area (Å²) in [6.45, 7) is 0.438. The van der Waals surface area contributed by atoms with Gasteiger partial charge in [-0.3, -0.25) is 9.78 Å². The van der Waals surface area contributed by atoms with Gasteiger partial charge in [-0.25, -0.2) is 8.78 Å². The maximum Gasteiger partial charge on any atom is 0.251 e. The molecule has 1 aliphatic rings. The van der Waals surface area contributed by atoms with Crippen molar-refractivity contribution in [3.8, 4) is 21.6 Å². The van der Waals surface area contributed by atoms with Crippen molar-refractivity contribution < 1.29 is 13.6 Å². The monoisotopic (exact) mass is 328 g/mol. The molecule has 2 heterocycles. The van der Waals surface area contributed by atoms with Crippen molar-refractivity contribution in [1.29, 1.82) is 0 Å². The summed E-state index contributed by atoms with van der Waals surface area (Å²) in [5.74, 6) is -1.47. The van der Waals surface area contributed by atoms with Gasteiger partial charge in [-0.1, -0.05) is 0 Å². The summed E-state index contributed by atoms with van der Waals surface area (Å²) < 4.78 is 27.2. The predicted octanol–water partition coefficient (Wildman–Crippen LogP) is 4.00. The van der Waals surface area contributed by atoms with E-state index in [9.17, 15) is 13.6 Å². The summed E-state index contributed by atoms with van der Waals surface area (Å²) in [6, 6.07) is 6.91. The average Bonchev–Trinajstić information content (AvgIpc) is 3.17. The first-order valence-corrected chi connectivity index (χ1v) is 7.81. The van der Waals surface area contributed by atoms with E-state index in [1.165, 1.54) is 23.5 Å². The highest BCUT2D eigenvalue weighted by molar-refractivity contribution is 7.13. The van der Waals surface area contributed by atoms with E-state index in [1.807, 2.05) is 6.07 Å². The van der Waals surface area contributed by atoms with Crippen LogP contribution < -0.4 is 5.32 Å². The van der Waals surface area contributed by atoms with E-state index in [-0.39, 0.29) is 11.5 Å². The summed E-state index contributed by atoms with van der Waals surface area (Å²) in [5, 5.41) is 2.78. The van der Waals surface area contributed by atoms with Crippen molar-refractivity contribution in [2.24, 2.45) is 0 Å². The lowest BCUT2D eigenvalue weighted by molar-refractivity contribution is 0.0966. The maximum atomic E-state index is 14.1. The topological polar surface area (TPSA) is 42.0 Å². The highest BCUT2D eigenvalue weighted by Gasteiger charge is 2.24. The van der Waals surface area contributed by atoms with Crippen molar-refractivity contribution >= 4 is 17.2 Å². The van der Waals surface area contributed by atoms with Crippen LogP contribution in [-0.2, 0) is 6.54 Å². The van der Waals surface area contributed by atoms with Crippen LogP contribution in [0.4, 0.5) is 8.78 Å². The lowest BCUT2D eigenvalue weighted by atomic mass is 9.94. The SMILES string of the molecule is O=C1NCc2c1cc(-c1ccc(F)cc1F)cc2-c1cncs1. The van der Waals surface area contributed by atoms with Gasteiger partial charge in [0.05, 0.1) is 10.4 Å². The molecule has 2 aromatic carbocycles. The van der Waals surface area contributed by atoms with Crippen LogP contribution in [-0.4, -0.2) is 10.9 Å². The molecule has 1 aliphatic heterocycles. The molecule has 0 spiro atoms. The molecule has 0 unspecified atom stereocenters. The largest absolute Gasteiger partial charge is 0.348 e. The molecule has 23 heavy (non-hydrogen) atoms. The van der Waals surface area contributed by atoms with Crippen molar-refractivity contribution in [3.05, 3.63) is 64.8 Å². The molecule has 0 atom stereocenters. The van der Waals surface area contributed by atoms with Gasteiger partial charge in [-0.05, 0) is 41.0 Å². The molecule has 0 saturated carbocycles. The Morgan fingerprint density at radius 2 is 1.91 bits per heavy atom. The molecule has 0 saturated heterocycles. The highest BCUT2D eigenvalue weighted by Crippen LogP contribution is 2.36. The molecule has 3 nitrogen and oxygen atoms in total. The molecule has 1 aromatic heterocycles. The third kappa shape index (κ3) is 2.31. The van der Waals surface area contributed by atoms with Crippen molar-refractivity contribution in [2.45, 2.75) is 6.54 Å². The number of carbonyl (C=O) groups is 1. The first kappa shape index (κ1) is 14.0. The minimum atomic E-state index is -0.654. The van der Waals surface area contributed by atoms with Gasteiger partial charge in [-0.2, -0.15) is 0 Å². The second-order valence-corrected chi connectivity index (χ2v) is 6.11. The van der Waals surface area contributed by atoms with Gasteiger partial charge in [0, 0.05) is 29.9 Å². The molecule has 1 N–H and O–H groups in total. The number of thiazole rings is 1. The second-order valence-electron chi connectivity index (χ2n) is 5.22. The highest BCUT2D eigenvalue weighted by atomic mass is 32.1. The van der Waals surface area contributed by atoms with Crippen molar-refractivity contribution in [2.75, 3.05) is 0 Å². The Balaban J connectivity index is 1.97. The number of benzene rings is 2. The van der Waals surface area contributed by atoms with Gasteiger partial charge in [0.1, 0.15) is 11.6 Å². The van der Waals surface area contributed by atoms with Crippen LogP contribution in [0.3, 0.4) is 0 Å². The molecule has 0 radical (unpaired) electrons. The van der Waals surface area contributed by atoms with Gasteiger partial charge >= 0.3 is 0 Å². The van der Waals surface area contributed by atoms with E-state index in [0.29, 0.717) is 17.7 Å². The lowest BCUT2D eigenvalue weighted by Gasteiger charge is -2.10. The molecule has 114 valence electrons. The van der Waals surface area contributed by atoms with Gasteiger partial charge in [-0.15, -0.1) is 11.3 Å². The summed E-state index contributed by atoms with van der Waals surface area (Å²) in [7, 11) is 0. The number of nitrogens with zero attached hydrogens (tertiary/aromatic N) is 1. The first-order chi connectivity index (χ1) is 11.1. The van der Waals surface area contributed by atoms with Crippen LogP contribution in [0.15, 0.2) is 42.0 Å². The number of hydrogen-bond acceptors (Lipinski definition) is 3. The number of hydrogen-bond donors (Lipinski definition) is 1. The lowest BCUT2D eigenvalue weighted by Crippen LogP contribution is -2.12. The third-order valence-corrected chi connectivity index (χ3v) is 4.67. The Morgan fingerprint density at radius 1 is 1.09 bits per heavy atom. The number of nitrogens with one attached hydrogen (secondary N) is 1. The molecular weight excluding hydrogens is 318 g/mol. The Bertz CT molecular complexity index is 923. The van der Waals surface area contributed by atoms with E-state index >= 15 is 0 Å². The minimum absolute atomic E-state index is 0.185. The molecule has 1 amide bonds. The quantitative estimate of drug-likeness (QED) is 0.772. The fourth-order valence-electron chi connectivity index (χ4n) is 2.78. The van der Waals surface area contributed by atoms with E-state index in [1.54, 1.807) is 17.8 Å². The summed E-state index contributed by atoms with van der Waals surface area (Å²) >= 11 is 1.45. The molecular formula is C17H10F2N2OS. The molecule has 0 bridgehead atoms. The number of rotatable bonds is 2. The zero-order chi connectivity index (χ0) is 16.0. The van der Waals surface area contributed by atoms with Crippen LogP contribution in [0.5, 0.6) is 0 Å². The summed E-state index contributed by atoms with van der Waals surface area (Å²) in [5.41, 5.74) is 4.76. The van der Waals surface area contributed by atoms with Gasteiger partial charge < -0.3 is 5.32 Å². The molecule has 3 aromatic rings. The van der Waals surface area contributed by atoms with Gasteiger partial charge in [0.15, 0.2) is 0 Å². The standard InChI is InChI=1S/C17H10F2N2OS/c18-10-1-2-11(15(19)5-10)9-3-12(16-7-20-8-23-16)14-6-21-17(22)13(14)4-9/h1-5,7-8H,6H2,(H,21,22). The Labute approximate surface area is 134 Å². The Morgan fingerprint density at radius 3 is 2.65 bits per heavy atom. The van der Waals surface area contributed by atoms with Gasteiger partial charge in [0.2, 0.25) is 0 Å². The average molecular weight is 328 g/mol. The molecule has 0 aliphatic carbocycles. The number of amides is 1. The Kier molecular flexibility index (Phi) is 3.20. The zero-order valence-corrected chi connectivity index (χ0v) is 12.6. The summed E-state index contributed by atoms with van der Waals surface area (Å²) in [4.78, 5) is 17.0. The van der Waals surface area contributed by atoms with Crippen LogP contribution in [0.25, 0.3) is 21.6 Å². The van der Waals surface area contributed by atoms with E-state index < -0.39 is 11.6 Å². The third-order valence-electron chi connectivity index (χ3n) is 3.86. The molecule has 0 fully saturated rings. The van der Waals surface area contributed by atoms with E-state index in [4.69, 9.17) is 0 Å². The number of aromatic nitrogens is 1. The van der Waals surface area contributed by atoms with Crippen LogP contribution in [0, 0.1) is 11.6 Å². The molecule has 6 heteroatoms. The minimum Gasteiger partial charge on any atom is -0.348 e. The number of halogens is 2. The first-order valence-electron chi connectivity index (χ1n) is 6.93. The number of carbonyl (C=O) groups excluding carboxylic acids is 1. The van der Waals surface area contributed by atoms with Crippen molar-refractivity contribution in [1.82, 2.24) is 10.3 Å². The van der Waals surface area contributed by atoms with Gasteiger partial charge in [0.25, 0.3) is 5.91 Å².